The van der Waals surface area contributed by atoms with Crippen molar-refractivity contribution >= 4 is 36.9 Å². The fourth-order valence-corrected chi connectivity index (χ4v) is 6.28. The minimum absolute atomic E-state index is 0.0645. The number of nitrogens with zero attached hydrogens (tertiary/aromatic N) is 3. The van der Waals surface area contributed by atoms with E-state index in [-0.39, 0.29) is 24.7 Å². The number of rotatable bonds is 9. The first kappa shape index (κ1) is 26.4. The summed E-state index contributed by atoms with van der Waals surface area (Å²) >= 11 is 6.25. The van der Waals surface area contributed by atoms with E-state index in [0.29, 0.717) is 60.1 Å². The van der Waals surface area contributed by atoms with Gasteiger partial charge in [-0.1, -0.05) is 23.7 Å². The number of nitrogens with one attached hydrogen (secondary N) is 2. The van der Waals surface area contributed by atoms with Crippen molar-refractivity contribution in [1.29, 1.82) is 0 Å². The predicted octanol–water partition coefficient (Wildman–Crippen LogP) is 3.56. The Balaban J connectivity index is 1.28. The Labute approximate surface area is 221 Å². The van der Waals surface area contributed by atoms with Gasteiger partial charge in [0, 0.05) is 43.6 Å². The molecule has 2 heterocycles. The van der Waals surface area contributed by atoms with E-state index in [1.807, 2.05) is 6.07 Å². The van der Waals surface area contributed by atoms with Gasteiger partial charge < -0.3 is 30.1 Å². The zero-order valence-electron chi connectivity index (χ0n) is 20.8. The Morgan fingerprint density at radius 2 is 1.97 bits per heavy atom. The molecule has 1 aromatic carbocycles. The molecule has 12 heteroatoms. The first-order chi connectivity index (χ1) is 17.7. The van der Waals surface area contributed by atoms with Crippen molar-refractivity contribution in [2.75, 3.05) is 30.0 Å². The molecule has 37 heavy (non-hydrogen) atoms. The average Bonchev–Trinajstić information content (AvgIpc) is 3.47. The molecule has 1 amide bonds. The molecule has 200 valence electrons. The Morgan fingerprint density at radius 1 is 1.24 bits per heavy atom. The number of hydrogen-bond acceptors (Lipinski definition) is 8. The molecule has 0 spiro atoms. The van der Waals surface area contributed by atoms with Gasteiger partial charge in [-0.2, -0.15) is 4.98 Å². The Morgan fingerprint density at radius 3 is 2.62 bits per heavy atom. The highest BCUT2D eigenvalue weighted by atomic mass is 35.5. The van der Waals surface area contributed by atoms with E-state index in [9.17, 15) is 19.4 Å². The molecular weight excluding hydrogens is 517 g/mol. The third-order valence-electron chi connectivity index (χ3n) is 7.38. The maximum absolute atomic E-state index is 13.3. The topological polar surface area (TPSA) is 137 Å². The number of benzene rings is 1. The van der Waals surface area contributed by atoms with Crippen LogP contribution in [0.15, 0.2) is 24.4 Å². The zero-order chi connectivity index (χ0) is 26.2. The Kier molecular flexibility index (Phi) is 7.75. The number of carbonyl (C=O) groups is 1. The summed E-state index contributed by atoms with van der Waals surface area (Å²) in [4.78, 5) is 34.2. The number of aliphatic hydroxyl groups is 1. The van der Waals surface area contributed by atoms with E-state index in [2.05, 4.69) is 20.5 Å². The SMILES string of the molecule is CP(=O)(O)O[C@H]1CC[C@H](NC(=O)c2cnc(N3CC4CC4C3)nc2NCc2ccc(CO)c(Cl)c2)CC1. The molecule has 0 bridgehead atoms. The van der Waals surface area contributed by atoms with E-state index < -0.39 is 7.60 Å². The molecule has 2 saturated carbocycles. The summed E-state index contributed by atoms with van der Waals surface area (Å²) < 4.78 is 16.8. The molecule has 1 aromatic heterocycles. The molecule has 3 aliphatic rings. The Bertz CT molecular complexity index is 1190. The third-order valence-corrected chi connectivity index (χ3v) is 8.43. The highest BCUT2D eigenvalue weighted by molar-refractivity contribution is 7.51. The fraction of sp³-hybridized carbons (Fsp3) is 0.560. The monoisotopic (exact) mass is 549 g/mol. The number of anilines is 2. The predicted molar refractivity (Wildman–Crippen MR) is 141 cm³/mol. The number of aromatic nitrogens is 2. The van der Waals surface area contributed by atoms with Crippen molar-refractivity contribution < 1.29 is 23.9 Å². The fourth-order valence-electron chi connectivity index (χ4n) is 5.25. The second-order valence-electron chi connectivity index (χ2n) is 10.4. The number of fused-ring (bicyclic) bond motifs is 1. The summed E-state index contributed by atoms with van der Waals surface area (Å²) in [6.45, 7) is 3.35. The molecule has 3 fully saturated rings. The van der Waals surface area contributed by atoms with Gasteiger partial charge in [-0.15, -0.1) is 0 Å². The zero-order valence-corrected chi connectivity index (χ0v) is 22.4. The lowest BCUT2D eigenvalue weighted by atomic mass is 9.93. The first-order valence-corrected chi connectivity index (χ1v) is 15.1. The van der Waals surface area contributed by atoms with Gasteiger partial charge in [0.15, 0.2) is 0 Å². The van der Waals surface area contributed by atoms with E-state index in [1.165, 1.54) is 13.1 Å². The van der Waals surface area contributed by atoms with E-state index >= 15 is 0 Å². The van der Waals surface area contributed by atoms with Gasteiger partial charge in [0.05, 0.1) is 12.7 Å². The van der Waals surface area contributed by atoms with Gasteiger partial charge in [-0.3, -0.25) is 9.36 Å². The van der Waals surface area contributed by atoms with E-state index in [0.717, 1.165) is 30.5 Å². The van der Waals surface area contributed by atoms with Crippen molar-refractivity contribution in [1.82, 2.24) is 15.3 Å². The molecule has 0 radical (unpaired) electrons. The van der Waals surface area contributed by atoms with Crippen LogP contribution in [0.4, 0.5) is 11.8 Å². The standard InChI is InChI=1S/C25H33ClN5O5P/c1-37(34,35)36-20-6-4-19(5-7-20)29-24(33)21-11-28-25(31-12-17-9-18(17)13-31)30-23(21)27-10-15-2-3-16(14-32)22(26)8-15/h2-3,8,11,17-20,32H,4-7,9-10,12-14H2,1H3,(H,29,33)(H,34,35)(H,27,28,30)/t17?,18?,19-,20-. The van der Waals surface area contributed by atoms with Gasteiger partial charge in [0.2, 0.25) is 5.95 Å². The summed E-state index contributed by atoms with van der Waals surface area (Å²) in [6, 6.07) is 5.38. The highest BCUT2D eigenvalue weighted by Gasteiger charge is 2.46. The lowest BCUT2D eigenvalue weighted by Crippen LogP contribution is -2.39. The van der Waals surface area contributed by atoms with Gasteiger partial charge in [0.1, 0.15) is 11.4 Å². The van der Waals surface area contributed by atoms with Crippen LogP contribution in [0.1, 0.15) is 53.6 Å². The smallest absolute Gasteiger partial charge is 0.325 e. The molecule has 5 rings (SSSR count). The summed E-state index contributed by atoms with van der Waals surface area (Å²) in [7, 11) is -3.53. The van der Waals surface area contributed by atoms with Crippen LogP contribution < -0.4 is 15.5 Å². The maximum atomic E-state index is 13.3. The summed E-state index contributed by atoms with van der Waals surface area (Å²) in [5.74, 6) is 2.25. The van der Waals surface area contributed by atoms with Crippen LogP contribution in [0.2, 0.25) is 5.02 Å². The number of carbonyl (C=O) groups excluding carboxylic acids is 1. The Hall–Kier alpha value is -2.23. The molecule has 4 N–H and O–H groups in total. The van der Waals surface area contributed by atoms with Crippen LogP contribution >= 0.6 is 19.2 Å². The van der Waals surface area contributed by atoms with Crippen molar-refractivity contribution in [3.63, 3.8) is 0 Å². The lowest BCUT2D eigenvalue weighted by molar-refractivity contribution is 0.0881. The molecule has 2 aliphatic carbocycles. The normalized spacial score (nSPS) is 26.3. The van der Waals surface area contributed by atoms with Gasteiger partial charge >= 0.3 is 7.60 Å². The van der Waals surface area contributed by atoms with Crippen LogP contribution in [0.5, 0.6) is 0 Å². The highest BCUT2D eigenvalue weighted by Crippen LogP contribution is 2.46. The molecule has 1 aliphatic heterocycles. The summed E-state index contributed by atoms with van der Waals surface area (Å²) in [5, 5.41) is 16.2. The van der Waals surface area contributed by atoms with Crippen molar-refractivity contribution in [3.8, 4) is 0 Å². The number of aliphatic hydroxyl groups excluding tert-OH is 1. The van der Waals surface area contributed by atoms with Crippen LogP contribution in [0, 0.1) is 11.8 Å². The van der Waals surface area contributed by atoms with Gasteiger partial charge in [-0.05, 0) is 61.1 Å². The summed E-state index contributed by atoms with van der Waals surface area (Å²) in [5.41, 5.74) is 1.91. The minimum atomic E-state index is -3.53. The minimum Gasteiger partial charge on any atom is -0.392 e. The third kappa shape index (κ3) is 6.62. The number of halogens is 1. The second kappa shape index (κ2) is 10.9. The maximum Gasteiger partial charge on any atom is 0.325 e. The number of amides is 1. The molecule has 3 unspecified atom stereocenters. The van der Waals surface area contributed by atoms with Crippen LogP contribution in [0.25, 0.3) is 0 Å². The van der Waals surface area contributed by atoms with Crippen LogP contribution in [-0.2, 0) is 22.2 Å². The average molecular weight is 550 g/mol. The molecular formula is C25H33ClN5O5P. The lowest BCUT2D eigenvalue weighted by Gasteiger charge is -2.29. The van der Waals surface area contributed by atoms with Crippen LogP contribution in [0.3, 0.4) is 0 Å². The van der Waals surface area contributed by atoms with Gasteiger partial charge in [-0.25, -0.2) is 4.98 Å². The second-order valence-corrected chi connectivity index (χ2v) is 12.6. The van der Waals surface area contributed by atoms with Gasteiger partial charge in [0.25, 0.3) is 5.91 Å². The molecule has 1 saturated heterocycles. The number of piperidine rings is 1. The molecule has 3 atom stereocenters. The van der Waals surface area contributed by atoms with Crippen molar-refractivity contribution in [2.24, 2.45) is 11.8 Å². The molecule has 10 nitrogen and oxygen atoms in total. The first-order valence-electron chi connectivity index (χ1n) is 12.7. The quantitative estimate of drug-likeness (QED) is 0.346. The summed E-state index contributed by atoms with van der Waals surface area (Å²) in [6.07, 6.45) is 5.10. The largest absolute Gasteiger partial charge is 0.392 e. The van der Waals surface area contributed by atoms with E-state index in [4.69, 9.17) is 21.1 Å². The van der Waals surface area contributed by atoms with Crippen molar-refractivity contribution in [3.05, 3.63) is 46.1 Å². The number of hydrogen-bond donors (Lipinski definition) is 4. The van der Waals surface area contributed by atoms with Crippen molar-refractivity contribution in [2.45, 2.75) is 57.4 Å². The molecule has 2 aromatic rings. The van der Waals surface area contributed by atoms with Crippen LogP contribution in [-0.4, -0.2) is 57.8 Å². The van der Waals surface area contributed by atoms with E-state index in [1.54, 1.807) is 18.3 Å².